The van der Waals surface area contributed by atoms with Crippen molar-refractivity contribution in [2.75, 3.05) is 23.3 Å². The van der Waals surface area contributed by atoms with E-state index in [0.717, 1.165) is 5.56 Å². The molecule has 2 amide bonds. The minimum absolute atomic E-state index is 0.0853. The molecular formula is C24H26FN3O5. The molecule has 1 atom stereocenters. The number of nitrogens with zero attached hydrogens (tertiary/aromatic N) is 1. The van der Waals surface area contributed by atoms with E-state index in [0.29, 0.717) is 17.8 Å². The van der Waals surface area contributed by atoms with Crippen LogP contribution in [0.3, 0.4) is 0 Å². The predicted molar refractivity (Wildman–Crippen MR) is 119 cm³/mol. The summed E-state index contributed by atoms with van der Waals surface area (Å²) in [5.74, 6) is -1.89. The van der Waals surface area contributed by atoms with Crippen molar-refractivity contribution in [1.29, 1.82) is 0 Å². The zero-order valence-corrected chi connectivity index (χ0v) is 18.1. The Morgan fingerprint density at radius 3 is 2.58 bits per heavy atom. The number of imide groups is 1. The first-order valence-corrected chi connectivity index (χ1v) is 10.9. The summed E-state index contributed by atoms with van der Waals surface area (Å²) in [6.07, 6.45) is 0.820. The molecule has 0 saturated carbocycles. The number of piperidine rings is 2. The van der Waals surface area contributed by atoms with Crippen LogP contribution in [0, 0.1) is 5.82 Å². The predicted octanol–water partition coefficient (Wildman–Crippen LogP) is 2.12. The Balaban J connectivity index is 1.33. The average Bonchev–Trinajstić information content (AvgIpc) is 2.81. The number of ether oxygens (including phenoxy) is 1. The Bertz CT molecular complexity index is 1040. The number of rotatable bonds is 6. The molecule has 2 aromatic rings. The van der Waals surface area contributed by atoms with Crippen LogP contribution in [-0.2, 0) is 25.7 Å². The molecule has 0 bridgehead atoms. The van der Waals surface area contributed by atoms with E-state index in [1.54, 1.807) is 17.0 Å². The molecule has 33 heavy (non-hydrogen) atoms. The van der Waals surface area contributed by atoms with Crippen LogP contribution >= 0.6 is 0 Å². The van der Waals surface area contributed by atoms with Crippen LogP contribution in [-0.4, -0.2) is 47.6 Å². The lowest BCUT2D eigenvalue weighted by atomic mass is 9.91. The maximum atomic E-state index is 14.8. The SMILES string of the molecule is O=C1CC[C@H](Nc2ccc(N3CCC(O)(C(=O)OCc4ccccc4)CC3)c(F)c2)C(=O)N1. The molecule has 0 radical (unpaired) electrons. The fraction of sp³-hybridized carbons (Fsp3) is 0.375. The van der Waals surface area contributed by atoms with Crippen LogP contribution in [0.15, 0.2) is 48.5 Å². The van der Waals surface area contributed by atoms with Gasteiger partial charge in [-0.2, -0.15) is 0 Å². The fourth-order valence-corrected chi connectivity index (χ4v) is 4.06. The molecular weight excluding hydrogens is 429 g/mol. The van der Waals surface area contributed by atoms with E-state index in [9.17, 15) is 23.9 Å². The van der Waals surface area contributed by atoms with Crippen LogP contribution in [0.2, 0.25) is 0 Å². The van der Waals surface area contributed by atoms with Gasteiger partial charge in [0.25, 0.3) is 0 Å². The van der Waals surface area contributed by atoms with E-state index in [1.807, 2.05) is 30.3 Å². The number of esters is 1. The molecule has 2 aromatic carbocycles. The summed E-state index contributed by atoms with van der Waals surface area (Å²) in [6.45, 7) is 0.656. The van der Waals surface area contributed by atoms with Gasteiger partial charge in [-0.05, 0) is 30.2 Å². The lowest BCUT2D eigenvalue weighted by molar-refractivity contribution is -0.169. The lowest BCUT2D eigenvalue weighted by Gasteiger charge is -2.37. The molecule has 0 aliphatic carbocycles. The summed E-state index contributed by atoms with van der Waals surface area (Å²) in [7, 11) is 0. The number of halogens is 1. The van der Waals surface area contributed by atoms with Crippen molar-refractivity contribution in [3.8, 4) is 0 Å². The van der Waals surface area contributed by atoms with E-state index in [-0.39, 0.29) is 44.9 Å². The van der Waals surface area contributed by atoms with Gasteiger partial charge in [-0.1, -0.05) is 30.3 Å². The van der Waals surface area contributed by atoms with Gasteiger partial charge in [-0.15, -0.1) is 0 Å². The van der Waals surface area contributed by atoms with Crippen LogP contribution < -0.4 is 15.5 Å². The third kappa shape index (κ3) is 5.31. The molecule has 2 fully saturated rings. The highest BCUT2D eigenvalue weighted by Gasteiger charge is 2.41. The summed E-state index contributed by atoms with van der Waals surface area (Å²) >= 11 is 0. The van der Waals surface area contributed by atoms with E-state index in [2.05, 4.69) is 10.6 Å². The quantitative estimate of drug-likeness (QED) is 0.452. The van der Waals surface area contributed by atoms with Gasteiger partial charge < -0.3 is 20.1 Å². The normalized spacial score (nSPS) is 20.2. The zero-order valence-electron chi connectivity index (χ0n) is 18.1. The summed E-state index contributed by atoms with van der Waals surface area (Å²) in [4.78, 5) is 37.4. The minimum Gasteiger partial charge on any atom is -0.459 e. The molecule has 0 aromatic heterocycles. The van der Waals surface area contributed by atoms with Gasteiger partial charge in [0, 0.05) is 38.0 Å². The highest BCUT2D eigenvalue weighted by atomic mass is 19.1. The molecule has 2 saturated heterocycles. The van der Waals surface area contributed by atoms with Crippen molar-refractivity contribution < 1.29 is 28.6 Å². The Labute approximate surface area is 190 Å². The first kappa shape index (κ1) is 22.7. The minimum atomic E-state index is -1.60. The molecule has 2 aliphatic rings. The van der Waals surface area contributed by atoms with Crippen molar-refractivity contribution in [2.45, 2.75) is 43.9 Å². The van der Waals surface area contributed by atoms with Crippen molar-refractivity contribution in [1.82, 2.24) is 5.32 Å². The second-order valence-corrected chi connectivity index (χ2v) is 8.39. The fourth-order valence-electron chi connectivity index (χ4n) is 4.06. The van der Waals surface area contributed by atoms with Gasteiger partial charge in [0.1, 0.15) is 18.5 Å². The van der Waals surface area contributed by atoms with Crippen molar-refractivity contribution in [3.05, 3.63) is 59.9 Å². The van der Waals surface area contributed by atoms with Gasteiger partial charge in [-0.3, -0.25) is 14.9 Å². The molecule has 9 heteroatoms. The molecule has 0 unspecified atom stereocenters. The number of hydrogen-bond acceptors (Lipinski definition) is 7. The molecule has 8 nitrogen and oxygen atoms in total. The van der Waals surface area contributed by atoms with Crippen LogP contribution in [0.1, 0.15) is 31.2 Å². The summed E-state index contributed by atoms with van der Waals surface area (Å²) < 4.78 is 20.1. The third-order valence-corrected chi connectivity index (χ3v) is 6.05. The second-order valence-electron chi connectivity index (χ2n) is 8.39. The van der Waals surface area contributed by atoms with Crippen molar-refractivity contribution in [3.63, 3.8) is 0 Å². The number of carbonyl (C=O) groups is 3. The van der Waals surface area contributed by atoms with E-state index in [4.69, 9.17) is 4.74 Å². The van der Waals surface area contributed by atoms with E-state index in [1.165, 1.54) is 6.07 Å². The molecule has 4 rings (SSSR count). The number of nitrogens with one attached hydrogen (secondary N) is 2. The highest BCUT2D eigenvalue weighted by molar-refractivity contribution is 6.01. The van der Waals surface area contributed by atoms with E-state index >= 15 is 0 Å². The Kier molecular flexibility index (Phi) is 6.60. The number of aliphatic hydroxyl groups is 1. The first-order chi connectivity index (χ1) is 15.8. The topological polar surface area (TPSA) is 108 Å². The maximum Gasteiger partial charge on any atom is 0.338 e. The molecule has 0 spiro atoms. The lowest BCUT2D eigenvalue weighted by Crippen LogP contribution is -2.50. The number of hydrogen-bond donors (Lipinski definition) is 3. The molecule has 2 aliphatic heterocycles. The van der Waals surface area contributed by atoms with Crippen molar-refractivity contribution in [2.24, 2.45) is 0 Å². The summed E-state index contributed by atoms with van der Waals surface area (Å²) in [5.41, 5.74) is 0.0157. The third-order valence-electron chi connectivity index (χ3n) is 6.05. The maximum absolute atomic E-state index is 14.8. The van der Waals surface area contributed by atoms with Crippen LogP contribution in [0.4, 0.5) is 15.8 Å². The standard InChI is InChI=1S/C24H26FN3O5/c25-18-14-17(26-19-7-9-21(29)27-22(19)30)6-8-20(18)28-12-10-24(32,11-13-28)23(31)33-15-16-4-2-1-3-5-16/h1-6,8,14,19,26,32H,7,9-13,15H2,(H,27,29,30)/t19-/m0/s1. The molecule has 2 heterocycles. The monoisotopic (exact) mass is 455 g/mol. The van der Waals surface area contributed by atoms with Crippen molar-refractivity contribution >= 4 is 29.2 Å². The molecule has 3 N–H and O–H groups in total. The average molecular weight is 455 g/mol. The Morgan fingerprint density at radius 2 is 1.91 bits per heavy atom. The largest absolute Gasteiger partial charge is 0.459 e. The van der Waals surface area contributed by atoms with Gasteiger partial charge in [0.05, 0.1) is 5.69 Å². The number of carbonyl (C=O) groups excluding carboxylic acids is 3. The highest BCUT2D eigenvalue weighted by Crippen LogP contribution is 2.31. The summed E-state index contributed by atoms with van der Waals surface area (Å²) in [5, 5.41) is 16.0. The Morgan fingerprint density at radius 1 is 1.18 bits per heavy atom. The van der Waals surface area contributed by atoms with Crippen LogP contribution in [0.5, 0.6) is 0 Å². The summed E-state index contributed by atoms with van der Waals surface area (Å²) in [6, 6.07) is 13.2. The van der Waals surface area contributed by atoms with Gasteiger partial charge in [0.15, 0.2) is 5.60 Å². The van der Waals surface area contributed by atoms with Gasteiger partial charge in [0.2, 0.25) is 11.8 Å². The zero-order chi connectivity index (χ0) is 23.4. The number of amides is 2. The van der Waals surface area contributed by atoms with Crippen LogP contribution in [0.25, 0.3) is 0 Å². The second kappa shape index (κ2) is 9.58. The number of benzene rings is 2. The Hall–Kier alpha value is -3.46. The van der Waals surface area contributed by atoms with E-state index < -0.39 is 29.3 Å². The number of anilines is 2. The molecule has 174 valence electrons. The van der Waals surface area contributed by atoms with Gasteiger partial charge in [-0.25, -0.2) is 9.18 Å². The smallest absolute Gasteiger partial charge is 0.338 e. The van der Waals surface area contributed by atoms with Gasteiger partial charge >= 0.3 is 5.97 Å². The first-order valence-electron chi connectivity index (χ1n) is 10.9.